The second-order valence-corrected chi connectivity index (χ2v) is 4.79. The van der Waals surface area contributed by atoms with Crippen LogP contribution in [-0.2, 0) is 14.3 Å². The number of carbonyl (C=O) groups excluding carboxylic acids is 1. The Morgan fingerprint density at radius 3 is 2.77 bits per heavy atom. The van der Waals surface area contributed by atoms with Gasteiger partial charge >= 0.3 is 5.97 Å². The number of esters is 1. The van der Waals surface area contributed by atoms with Gasteiger partial charge in [-0.25, -0.2) is 4.79 Å². The average molecular weight is 205 g/mol. The fourth-order valence-electron chi connectivity index (χ4n) is 0.845. The Kier molecular flexibility index (Phi) is 3.58. The summed E-state index contributed by atoms with van der Waals surface area (Å²) in [7, 11) is 0. The smallest absolute Gasteiger partial charge is 0.346 e. The summed E-state index contributed by atoms with van der Waals surface area (Å²) in [6.07, 6.45) is 0. The van der Waals surface area contributed by atoms with Crippen molar-refractivity contribution in [3.8, 4) is 0 Å². The molecule has 1 rings (SSSR count). The first kappa shape index (κ1) is 10.8. The number of thioether (sulfide) groups is 1. The van der Waals surface area contributed by atoms with Crippen LogP contribution in [0.25, 0.3) is 0 Å². The molecule has 0 saturated carbocycles. The zero-order chi connectivity index (χ0) is 9.90. The molecule has 1 aliphatic heterocycles. The van der Waals surface area contributed by atoms with Gasteiger partial charge in [0.15, 0.2) is 0 Å². The van der Waals surface area contributed by atoms with E-state index < -0.39 is 11.0 Å². The second kappa shape index (κ2) is 4.30. The lowest BCUT2D eigenvalue weighted by molar-refractivity contribution is -0.163. The molecule has 0 aromatic heterocycles. The monoisotopic (exact) mass is 205 g/mol. The Bertz CT molecular complexity index is 184. The molecule has 1 atom stereocenters. The summed E-state index contributed by atoms with van der Waals surface area (Å²) in [5.74, 6) is 0.434. The lowest BCUT2D eigenvalue weighted by atomic mass is 10.2. The number of ether oxygens (including phenoxy) is 2. The van der Waals surface area contributed by atoms with E-state index in [-0.39, 0.29) is 5.97 Å². The summed E-state index contributed by atoms with van der Waals surface area (Å²) < 4.78 is 10.3. The van der Waals surface area contributed by atoms with E-state index in [0.29, 0.717) is 6.73 Å². The zero-order valence-electron chi connectivity index (χ0n) is 8.12. The Balaban J connectivity index is 2.38. The SMILES string of the molecule is CC(C)(C)OC(=O)C1OCNCS1. The molecule has 76 valence electrons. The zero-order valence-corrected chi connectivity index (χ0v) is 8.94. The molecule has 1 N–H and O–H groups in total. The largest absolute Gasteiger partial charge is 0.457 e. The van der Waals surface area contributed by atoms with E-state index in [0.717, 1.165) is 5.88 Å². The number of rotatable bonds is 1. The summed E-state index contributed by atoms with van der Waals surface area (Å²) in [4.78, 5) is 11.4. The average Bonchev–Trinajstić information content (AvgIpc) is 2.03. The number of hydrogen-bond donors (Lipinski definition) is 1. The van der Waals surface area contributed by atoms with Gasteiger partial charge in [-0.3, -0.25) is 5.32 Å². The van der Waals surface area contributed by atoms with E-state index in [1.807, 2.05) is 20.8 Å². The molecule has 1 fully saturated rings. The fourth-order valence-corrected chi connectivity index (χ4v) is 1.55. The van der Waals surface area contributed by atoms with Gasteiger partial charge < -0.3 is 9.47 Å². The molecule has 1 heterocycles. The maximum atomic E-state index is 11.4. The molecule has 0 aromatic rings. The van der Waals surface area contributed by atoms with E-state index in [2.05, 4.69) is 5.32 Å². The first-order valence-electron chi connectivity index (χ1n) is 4.16. The third kappa shape index (κ3) is 3.97. The minimum absolute atomic E-state index is 0.293. The van der Waals surface area contributed by atoms with Crippen LogP contribution in [-0.4, -0.2) is 29.6 Å². The molecule has 0 aromatic carbocycles. The molecule has 5 heteroatoms. The van der Waals surface area contributed by atoms with Crippen LogP contribution in [0.1, 0.15) is 20.8 Å². The van der Waals surface area contributed by atoms with Crippen molar-refractivity contribution in [1.29, 1.82) is 0 Å². The quantitative estimate of drug-likeness (QED) is 0.645. The molecule has 0 amide bonds. The van der Waals surface area contributed by atoms with Crippen LogP contribution in [0.15, 0.2) is 0 Å². The van der Waals surface area contributed by atoms with Gasteiger partial charge in [0.05, 0.1) is 6.73 Å². The summed E-state index contributed by atoms with van der Waals surface area (Å²) in [5, 5.41) is 2.97. The van der Waals surface area contributed by atoms with Gasteiger partial charge in [-0.15, -0.1) is 11.8 Å². The maximum Gasteiger partial charge on any atom is 0.346 e. The predicted molar refractivity (Wildman–Crippen MR) is 51.2 cm³/mol. The standard InChI is InChI=1S/C8H15NO3S/c1-8(2,3)12-6(10)7-11-4-9-5-13-7/h7,9H,4-5H2,1-3H3. The predicted octanol–water partition coefficient (Wildman–Crippen LogP) is 0.922. The van der Waals surface area contributed by atoms with Crippen molar-refractivity contribution >= 4 is 17.7 Å². The Hall–Kier alpha value is -0.260. The van der Waals surface area contributed by atoms with Crippen LogP contribution >= 0.6 is 11.8 Å². The number of hydrogen-bond acceptors (Lipinski definition) is 5. The maximum absolute atomic E-state index is 11.4. The van der Waals surface area contributed by atoms with Crippen molar-refractivity contribution < 1.29 is 14.3 Å². The molecule has 0 aliphatic carbocycles. The van der Waals surface area contributed by atoms with Crippen molar-refractivity contribution in [2.24, 2.45) is 0 Å². The third-order valence-corrected chi connectivity index (χ3v) is 2.27. The summed E-state index contributed by atoms with van der Waals surface area (Å²) in [6, 6.07) is 0. The highest BCUT2D eigenvalue weighted by molar-refractivity contribution is 8.00. The highest BCUT2D eigenvalue weighted by Crippen LogP contribution is 2.19. The van der Waals surface area contributed by atoms with Crippen LogP contribution in [0.3, 0.4) is 0 Å². The molecule has 1 aliphatic rings. The molecule has 0 spiro atoms. The van der Waals surface area contributed by atoms with E-state index in [4.69, 9.17) is 9.47 Å². The first-order valence-corrected chi connectivity index (χ1v) is 5.21. The van der Waals surface area contributed by atoms with Gasteiger partial charge in [0, 0.05) is 5.88 Å². The van der Waals surface area contributed by atoms with Crippen molar-refractivity contribution in [2.45, 2.75) is 31.8 Å². The lowest BCUT2D eigenvalue weighted by Crippen LogP contribution is -2.38. The van der Waals surface area contributed by atoms with Crippen LogP contribution in [0.5, 0.6) is 0 Å². The van der Waals surface area contributed by atoms with Crippen LogP contribution in [0.2, 0.25) is 0 Å². The fraction of sp³-hybridized carbons (Fsp3) is 0.875. The molecule has 13 heavy (non-hydrogen) atoms. The van der Waals surface area contributed by atoms with Gasteiger partial charge in [0.1, 0.15) is 5.60 Å². The first-order chi connectivity index (χ1) is 5.99. The summed E-state index contributed by atoms with van der Waals surface area (Å²) >= 11 is 1.40. The normalized spacial score (nSPS) is 24.1. The summed E-state index contributed by atoms with van der Waals surface area (Å²) in [6.45, 7) is 5.95. The highest BCUT2D eigenvalue weighted by atomic mass is 32.2. The molecular weight excluding hydrogens is 190 g/mol. The molecule has 0 radical (unpaired) electrons. The van der Waals surface area contributed by atoms with Crippen molar-refractivity contribution in [3.63, 3.8) is 0 Å². The van der Waals surface area contributed by atoms with Crippen molar-refractivity contribution in [2.75, 3.05) is 12.6 Å². The van der Waals surface area contributed by atoms with E-state index >= 15 is 0 Å². The number of carbonyl (C=O) groups is 1. The van der Waals surface area contributed by atoms with E-state index in [1.165, 1.54) is 11.8 Å². The molecule has 4 nitrogen and oxygen atoms in total. The van der Waals surface area contributed by atoms with Gasteiger partial charge in [-0.2, -0.15) is 0 Å². The third-order valence-electron chi connectivity index (χ3n) is 1.27. The topological polar surface area (TPSA) is 47.6 Å². The van der Waals surface area contributed by atoms with Crippen LogP contribution < -0.4 is 5.32 Å². The van der Waals surface area contributed by atoms with Crippen molar-refractivity contribution in [3.05, 3.63) is 0 Å². The van der Waals surface area contributed by atoms with Crippen LogP contribution in [0, 0.1) is 0 Å². The Morgan fingerprint density at radius 1 is 1.62 bits per heavy atom. The molecular formula is C8H15NO3S. The highest BCUT2D eigenvalue weighted by Gasteiger charge is 2.27. The number of nitrogens with one attached hydrogen (secondary N) is 1. The molecule has 0 bridgehead atoms. The van der Waals surface area contributed by atoms with Gasteiger partial charge in [-0.1, -0.05) is 0 Å². The minimum atomic E-state index is -0.472. The summed E-state index contributed by atoms with van der Waals surface area (Å²) in [5.41, 5.74) is -0.910. The lowest BCUT2D eigenvalue weighted by Gasteiger charge is -2.26. The molecule has 1 saturated heterocycles. The van der Waals surface area contributed by atoms with Crippen molar-refractivity contribution in [1.82, 2.24) is 5.32 Å². The Labute approximate surface area is 82.3 Å². The van der Waals surface area contributed by atoms with Gasteiger partial charge in [0.2, 0.25) is 5.44 Å². The minimum Gasteiger partial charge on any atom is -0.457 e. The van der Waals surface area contributed by atoms with Gasteiger partial charge in [-0.05, 0) is 20.8 Å². The van der Waals surface area contributed by atoms with Gasteiger partial charge in [0.25, 0.3) is 0 Å². The molecule has 1 unspecified atom stereocenters. The Morgan fingerprint density at radius 2 is 2.31 bits per heavy atom. The second-order valence-electron chi connectivity index (χ2n) is 3.74. The van der Waals surface area contributed by atoms with E-state index in [9.17, 15) is 4.79 Å². The van der Waals surface area contributed by atoms with E-state index in [1.54, 1.807) is 0 Å². The van der Waals surface area contributed by atoms with Crippen LogP contribution in [0.4, 0.5) is 0 Å².